The fourth-order valence-corrected chi connectivity index (χ4v) is 7.99. The van der Waals surface area contributed by atoms with Crippen molar-refractivity contribution in [1.82, 2.24) is 15.5 Å². The molecular formula is C28H47N9O5. The summed E-state index contributed by atoms with van der Waals surface area (Å²) in [4.78, 5) is 62.2. The van der Waals surface area contributed by atoms with Gasteiger partial charge in [-0.05, 0) is 94.8 Å². The van der Waals surface area contributed by atoms with E-state index >= 15 is 0 Å². The van der Waals surface area contributed by atoms with Crippen LogP contribution in [0.2, 0.25) is 0 Å². The molecule has 0 unspecified atom stereocenters. The number of hydrogen-bond donors (Lipinski definition) is 7. The van der Waals surface area contributed by atoms with E-state index in [0.29, 0.717) is 50.0 Å². The van der Waals surface area contributed by atoms with Gasteiger partial charge in [0.05, 0.1) is 0 Å². The van der Waals surface area contributed by atoms with Gasteiger partial charge in [-0.3, -0.25) is 24.4 Å². The number of guanidine groups is 2. The molecule has 4 aliphatic carbocycles. The largest absolute Gasteiger partial charge is 0.480 e. The van der Waals surface area contributed by atoms with Crippen molar-refractivity contribution in [3.8, 4) is 0 Å². The first-order chi connectivity index (χ1) is 20.0. The van der Waals surface area contributed by atoms with Crippen molar-refractivity contribution in [2.45, 2.75) is 95.2 Å². The SMILES string of the molecule is NC(N)=NCCC[C@H](NC(=O)C12CC3CC(CC(C3)C1)C2)C(=O)N[C@@H](CCCN=C(N)N)C(=O)N1CCC[C@H]1C(=O)O. The zero-order valence-corrected chi connectivity index (χ0v) is 24.3. The van der Waals surface area contributed by atoms with Crippen LogP contribution in [0.15, 0.2) is 9.98 Å². The van der Waals surface area contributed by atoms with Gasteiger partial charge in [0, 0.05) is 25.0 Å². The lowest BCUT2D eigenvalue weighted by Crippen LogP contribution is -2.59. The molecule has 14 heteroatoms. The number of carboxylic acids is 1. The molecule has 4 saturated carbocycles. The molecule has 0 radical (unpaired) electrons. The molecule has 0 aromatic carbocycles. The zero-order valence-electron chi connectivity index (χ0n) is 24.3. The smallest absolute Gasteiger partial charge is 0.326 e. The van der Waals surface area contributed by atoms with E-state index in [1.165, 1.54) is 24.2 Å². The number of carbonyl (C=O) groups is 4. The molecule has 234 valence electrons. The van der Waals surface area contributed by atoms with Crippen molar-refractivity contribution in [1.29, 1.82) is 0 Å². The minimum atomic E-state index is -1.08. The monoisotopic (exact) mass is 589 g/mol. The highest BCUT2D eigenvalue weighted by molar-refractivity contribution is 5.94. The topological polar surface area (TPSA) is 245 Å². The molecule has 1 heterocycles. The second-order valence-electron chi connectivity index (χ2n) is 12.7. The lowest BCUT2D eigenvalue weighted by molar-refractivity contribution is -0.150. The van der Waals surface area contributed by atoms with Crippen LogP contribution in [0.5, 0.6) is 0 Å². The Balaban J connectivity index is 1.49. The summed E-state index contributed by atoms with van der Waals surface area (Å²) in [6.07, 6.45) is 8.33. The van der Waals surface area contributed by atoms with Crippen LogP contribution < -0.4 is 33.6 Å². The van der Waals surface area contributed by atoms with Crippen molar-refractivity contribution in [2.75, 3.05) is 19.6 Å². The van der Waals surface area contributed by atoms with Crippen LogP contribution in [-0.2, 0) is 19.2 Å². The van der Waals surface area contributed by atoms with Crippen molar-refractivity contribution >= 4 is 35.6 Å². The number of nitrogens with two attached hydrogens (primary N) is 4. The second-order valence-corrected chi connectivity index (χ2v) is 12.7. The fraction of sp³-hybridized carbons (Fsp3) is 0.786. The summed E-state index contributed by atoms with van der Waals surface area (Å²) >= 11 is 0. The molecule has 42 heavy (non-hydrogen) atoms. The van der Waals surface area contributed by atoms with Gasteiger partial charge in [-0.1, -0.05) is 0 Å². The van der Waals surface area contributed by atoms with Gasteiger partial charge in [-0.2, -0.15) is 0 Å². The highest BCUT2D eigenvalue weighted by atomic mass is 16.4. The Kier molecular flexibility index (Phi) is 10.2. The van der Waals surface area contributed by atoms with Gasteiger partial charge in [-0.25, -0.2) is 4.79 Å². The average molecular weight is 590 g/mol. The summed E-state index contributed by atoms with van der Waals surface area (Å²) in [5.41, 5.74) is 21.3. The highest BCUT2D eigenvalue weighted by Crippen LogP contribution is 2.60. The molecular weight excluding hydrogens is 542 g/mol. The predicted molar refractivity (Wildman–Crippen MR) is 157 cm³/mol. The van der Waals surface area contributed by atoms with E-state index in [9.17, 15) is 24.3 Å². The molecule has 11 N–H and O–H groups in total. The number of aliphatic carboxylic acids is 1. The highest BCUT2D eigenvalue weighted by Gasteiger charge is 2.55. The standard InChI is InChI=1S/C28H47N9O5/c29-26(30)33-7-1-4-19(36-25(42)28-13-16-10-17(14-28)12-18(11-16)15-28)22(38)35-20(5-2-8-34-27(31)32)23(39)37-9-3-6-21(37)24(40)41/h16-21H,1-15H2,(H,35,38)(H,36,42)(H,40,41)(H4,29,30,33)(H4,31,32,34)/t16?,17?,18?,19-,20-,21-,28?/m0/s1. The third kappa shape index (κ3) is 7.62. The third-order valence-electron chi connectivity index (χ3n) is 9.47. The van der Waals surface area contributed by atoms with Crippen LogP contribution in [0.3, 0.4) is 0 Å². The number of rotatable bonds is 14. The Hall–Kier alpha value is -3.58. The number of hydrogen-bond acceptors (Lipinski definition) is 6. The summed E-state index contributed by atoms with van der Waals surface area (Å²) in [5.74, 6) is -0.590. The number of nitrogens with zero attached hydrogens (tertiary/aromatic N) is 3. The molecule has 1 saturated heterocycles. The van der Waals surface area contributed by atoms with Crippen molar-refractivity contribution < 1.29 is 24.3 Å². The van der Waals surface area contributed by atoms with Crippen LogP contribution in [0, 0.1) is 23.2 Å². The van der Waals surface area contributed by atoms with E-state index in [1.54, 1.807) is 0 Å². The van der Waals surface area contributed by atoms with E-state index in [2.05, 4.69) is 20.6 Å². The molecule has 4 bridgehead atoms. The number of amides is 3. The van der Waals surface area contributed by atoms with Crippen LogP contribution in [-0.4, -0.2) is 83.4 Å². The Morgan fingerprint density at radius 2 is 1.36 bits per heavy atom. The first-order valence-corrected chi connectivity index (χ1v) is 15.2. The molecule has 0 spiro atoms. The van der Waals surface area contributed by atoms with Crippen LogP contribution in [0.1, 0.15) is 77.0 Å². The number of carboxylic acid groups (broad SMARTS) is 1. The summed E-state index contributed by atoms with van der Waals surface area (Å²) in [6.45, 7) is 0.824. The maximum atomic E-state index is 13.8. The molecule has 3 atom stereocenters. The summed E-state index contributed by atoms with van der Waals surface area (Å²) in [7, 11) is 0. The number of likely N-dealkylation sites (tertiary alicyclic amines) is 1. The van der Waals surface area contributed by atoms with E-state index < -0.39 is 41.3 Å². The van der Waals surface area contributed by atoms with E-state index in [0.717, 1.165) is 19.3 Å². The van der Waals surface area contributed by atoms with Gasteiger partial charge >= 0.3 is 5.97 Å². The first kappa shape index (κ1) is 31.4. The van der Waals surface area contributed by atoms with Gasteiger partial charge in [0.1, 0.15) is 18.1 Å². The fourth-order valence-electron chi connectivity index (χ4n) is 7.99. The molecule has 5 fully saturated rings. The summed E-state index contributed by atoms with van der Waals surface area (Å²) < 4.78 is 0. The summed E-state index contributed by atoms with van der Waals surface area (Å²) in [6, 6.07) is -2.84. The lowest BCUT2D eigenvalue weighted by Gasteiger charge is -2.55. The minimum absolute atomic E-state index is 0.0568. The van der Waals surface area contributed by atoms with Gasteiger partial charge < -0.3 is 43.6 Å². The predicted octanol–water partition coefficient (Wildman–Crippen LogP) is -0.645. The average Bonchev–Trinajstić information content (AvgIpc) is 3.41. The second kappa shape index (κ2) is 13.6. The van der Waals surface area contributed by atoms with Crippen LogP contribution >= 0.6 is 0 Å². The van der Waals surface area contributed by atoms with E-state index in [4.69, 9.17) is 22.9 Å². The van der Waals surface area contributed by atoms with Crippen LogP contribution in [0.4, 0.5) is 0 Å². The lowest BCUT2D eigenvalue weighted by atomic mass is 9.49. The summed E-state index contributed by atoms with van der Waals surface area (Å²) in [5, 5.41) is 15.5. The Labute approximate surface area is 246 Å². The quantitative estimate of drug-likeness (QED) is 0.0772. The molecule has 0 aromatic rings. The van der Waals surface area contributed by atoms with Crippen molar-refractivity contribution in [3.05, 3.63) is 0 Å². The first-order valence-electron chi connectivity index (χ1n) is 15.2. The molecule has 14 nitrogen and oxygen atoms in total. The maximum absolute atomic E-state index is 13.8. The van der Waals surface area contributed by atoms with E-state index in [1.807, 2.05) is 0 Å². The Bertz CT molecular complexity index is 1050. The molecule has 5 rings (SSSR count). The minimum Gasteiger partial charge on any atom is -0.480 e. The Morgan fingerprint density at radius 3 is 1.86 bits per heavy atom. The number of aliphatic imine (C=N–C) groups is 2. The molecule has 1 aliphatic heterocycles. The molecule has 3 amide bonds. The van der Waals surface area contributed by atoms with E-state index in [-0.39, 0.29) is 43.8 Å². The van der Waals surface area contributed by atoms with Gasteiger partial charge in [0.15, 0.2) is 11.9 Å². The van der Waals surface area contributed by atoms with Crippen molar-refractivity contribution in [3.63, 3.8) is 0 Å². The molecule has 0 aromatic heterocycles. The zero-order chi connectivity index (χ0) is 30.4. The van der Waals surface area contributed by atoms with Gasteiger partial charge in [-0.15, -0.1) is 0 Å². The maximum Gasteiger partial charge on any atom is 0.326 e. The number of carbonyl (C=O) groups excluding carboxylic acids is 3. The van der Waals surface area contributed by atoms with Crippen LogP contribution in [0.25, 0.3) is 0 Å². The third-order valence-corrected chi connectivity index (χ3v) is 9.47. The Morgan fingerprint density at radius 1 is 0.833 bits per heavy atom. The van der Waals surface area contributed by atoms with Gasteiger partial charge in [0.2, 0.25) is 17.7 Å². The molecule has 5 aliphatic rings. The van der Waals surface area contributed by atoms with Gasteiger partial charge in [0.25, 0.3) is 0 Å². The number of nitrogens with one attached hydrogen (secondary N) is 2. The van der Waals surface area contributed by atoms with Crippen molar-refractivity contribution in [2.24, 2.45) is 56.1 Å². The normalized spacial score (nSPS) is 28.9.